The fourth-order valence-corrected chi connectivity index (χ4v) is 5.95. The lowest BCUT2D eigenvalue weighted by Crippen LogP contribution is -2.37. The van der Waals surface area contributed by atoms with Crippen molar-refractivity contribution < 1.29 is 4.74 Å². The van der Waals surface area contributed by atoms with Gasteiger partial charge in [0.15, 0.2) is 0 Å². The molecule has 0 bridgehead atoms. The molecule has 1 heterocycles. The molecule has 3 atom stereocenters. The maximum Gasteiger partial charge on any atom is 0.123 e. The summed E-state index contributed by atoms with van der Waals surface area (Å²) in [5, 5.41) is 4.85. The van der Waals surface area contributed by atoms with Gasteiger partial charge < -0.3 is 10.1 Å². The summed E-state index contributed by atoms with van der Waals surface area (Å²) in [5.41, 5.74) is 1.28. The third-order valence-corrected chi connectivity index (χ3v) is 6.96. The Balaban J connectivity index is 2.27. The van der Waals surface area contributed by atoms with Crippen molar-refractivity contribution in [2.75, 3.05) is 25.7 Å². The Morgan fingerprint density at radius 3 is 2.74 bits per heavy atom. The van der Waals surface area contributed by atoms with E-state index in [0.29, 0.717) is 11.3 Å². The van der Waals surface area contributed by atoms with Crippen LogP contribution in [0.3, 0.4) is 0 Å². The van der Waals surface area contributed by atoms with Gasteiger partial charge in [-0.15, -0.1) is 0 Å². The molecule has 2 nitrogen and oxygen atoms in total. The van der Waals surface area contributed by atoms with E-state index in [0.717, 1.165) is 11.0 Å². The molecule has 0 radical (unpaired) electrons. The average Bonchev–Trinajstić information content (AvgIpc) is 2.49. The van der Waals surface area contributed by atoms with Crippen molar-refractivity contribution >= 4 is 23.5 Å². The minimum absolute atomic E-state index is 0.360. The van der Waals surface area contributed by atoms with Gasteiger partial charge in [-0.1, -0.05) is 25.1 Å². The van der Waals surface area contributed by atoms with Crippen LogP contribution in [0.5, 0.6) is 5.75 Å². The van der Waals surface area contributed by atoms with Crippen LogP contribution >= 0.6 is 23.5 Å². The SMILES string of the molecule is CCC1SCCSC1C(NC)c1ccccc1OC. The Morgan fingerprint density at radius 1 is 1.32 bits per heavy atom. The van der Waals surface area contributed by atoms with Gasteiger partial charge in [0.05, 0.1) is 7.11 Å². The van der Waals surface area contributed by atoms with Crippen LogP contribution in [-0.4, -0.2) is 36.2 Å². The van der Waals surface area contributed by atoms with Crippen LogP contribution < -0.4 is 10.1 Å². The zero-order valence-corrected chi connectivity index (χ0v) is 13.5. The summed E-state index contributed by atoms with van der Waals surface area (Å²) in [6.07, 6.45) is 1.23. The van der Waals surface area contributed by atoms with Crippen LogP contribution in [0, 0.1) is 0 Å². The molecule has 1 aromatic rings. The molecule has 0 spiro atoms. The van der Waals surface area contributed by atoms with Gasteiger partial charge in [0.25, 0.3) is 0 Å². The molecule has 1 fully saturated rings. The molecule has 3 unspecified atom stereocenters. The van der Waals surface area contributed by atoms with Crippen LogP contribution in [0.4, 0.5) is 0 Å². The molecule has 0 aromatic heterocycles. The Kier molecular flexibility index (Phi) is 5.92. The molecule has 1 aromatic carbocycles. The van der Waals surface area contributed by atoms with Gasteiger partial charge in [0.1, 0.15) is 5.75 Å². The van der Waals surface area contributed by atoms with E-state index >= 15 is 0 Å². The number of benzene rings is 1. The van der Waals surface area contributed by atoms with Crippen LogP contribution in [0.1, 0.15) is 24.9 Å². The smallest absolute Gasteiger partial charge is 0.123 e. The largest absolute Gasteiger partial charge is 0.496 e. The zero-order chi connectivity index (χ0) is 13.7. The molecule has 2 rings (SSSR count). The molecule has 4 heteroatoms. The fraction of sp³-hybridized carbons (Fsp3) is 0.600. The Bertz CT molecular complexity index is 399. The summed E-state index contributed by atoms with van der Waals surface area (Å²) in [5.74, 6) is 3.52. The number of methoxy groups -OCH3 is 1. The predicted molar refractivity (Wildman–Crippen MR) is 87.6 cm³/mol. The van der Waals surface area contributed by atoms with E-state index in [1.54, 1.807) is 7.11 Å². The Morgan fingerprint density at radius 2 is 2.05 bits per heavy atom. The highest BCUT2D eigenvalue weighted by Crippen LogP contribution is 2.41. The van der Waals surface area contributed by atoms with E-state index in [9.17, 15) is 0 Å². The first kappa shape index (κ1) is 15.1. The number of rotatable bonds is 5. The van der Waals surface area contributed by atoms with Gasteiger partial charge in [0, 0.05) is 33.6 Å². The third kappa shape index (κ3) is 3.41. The van der Waals surface area contributed by atoms with E-state index in [2.05, 4.69) is 61.0 Å². The number of hydrogen-bond donors (Lipinski definition) is 1. The van der Waals surface area contributed by atoms with Crippen LogP contribution in [-0.2, 0) is 0 Å². The Hall–Kier alpha value is -0.320. The van der Waals surface area contributed by atoms with Crippen LogP contribution in [0.2, 0.25) is 0 Å². The normalized spacial score (nSPS) is 25.0. The van der Waals surface area contributed by atoms with Crippen molar-refractivity contribution in [3.8, 4) is 5.75 Å². The lowest BCUT2D eigenvalue weighted by Gasteiger charge is -2.36. The van der Waals surface area contributed by atoms with E-state index in [4.69, 9.17) is 4.74 Å². The van der Waals surface area contributed by atoms with E-state index in [1.807, 2.05) is 6.07 Å². The predicted octanol–water partition coefficient (Wildman–Crippen LogP) is 3.58. The number of para-hydroxylation sites is 1. The first-order valence-corrected chi connectivity index (χ1v) is 8.95. The second kappa shape index (κ2) is 7.46. The lowest BCUT2D eigenvalue weighted by molar-refractivity contribution is 0.399. The quantitative estimate of drug-likeness (QED) is 0.896. The van der Waals surface area contributed by atoms with E-state index in [-0.39, 0.29) is 0 Å². The molecule has 1 N–H and O–H groups in total. The van der Waals surface area contributed by atoms with E-state index < -0.39 is 0 Å². The minimum Gasteiger partial charge on any atom is -0.496 e. The van der Waals surface area contributed by atoms with Crippen molar-refractivity contribution in [3.05, 3.63) is 29.8 Å². The first-order chi connectivity index (χ1) is 9.31. The number of nitrogens with one attached hydrogen (secondary N) is 1. The van der Waals surface area contributed by atoms with Gasteiger partial charge >= 0.3 is 0 Å². The maximum atomic E-state index is 5.53. The molecule has 19 heavy (non-hydrogen) atoms. The number of thioether (sulfide) groups is 2. The molecule has 0 amide bonds. The van der Waals surface area contributed by atoms with Gasteiger partial charge in [-0.2, -0.15) is 23.5 Å². The van der Waals surface area contributed by atoms with Gasteiger partial charge in [-0.05, 0) is 19.5 Å². The van der Waals surface area contributed by atoms with Gasteiger partial charge in [-0.3, -0.25) is 0 Å². The standard InChI is InChI=1S/C15H23NOS2/c1-4-13-15(19-10-9-18-13)14(16-2)11-7-5-6-8-12(11)17-3/h5-8,13-16H,4,9-10H2,1-3H3. The number of hydrogen-bond acceptors (Lipinski definition) is 4. The molecule has 1 aliphatic heterocycles. The minimum atomic E-state index is 0.360. The third-order valence-electron chi connectivity index (χ3n) is 3.61. The highest BCUT2D eigenvalue weighted by Gasteiger charge is 2.33. The second-order valence-electron chi connectivity index (χ2n) is 4.66. The molecule has 1 aliphatic rings. The fourth-order valence-electron chi connectivity index (χ4n) is 2.67. The van der Waals surface area contributed by atoms with E-state index in [1.165, 1.54) is 23.5 Å². The van der Waals surface area contributed by atoms with Crippen molar-refractivity contribution in [2.45, 2.75) is 29.9 Å². The molecule has 1 saturated heterocycles. The highest BCUT2D eigenvalue weighted by molar-refractivity contribution is 8.07. The zero-order valence-electron chi connectivity index (χ0n) is 11.9. The molecular weight excluding hydrogens is 274 g/mol. The Labute approximate surface area is 125 Å². The van der Waals surface area contributed by atoms with Crippen LogP contribution in [0.25, 0.3) is 0 Å². The summed E-state index contributed by atoms with van der Waals surface area (Å²) in [4.78, 5) is 0. The topological polar surface area (TPSA) is 21.3 Å². The lowest BCUT2D eigenvalue weighted by atomic mass is 9.99. The molecule has 0 aliphatic carbocycles. The monoisotopic (exact) mass is 297 g/mol. The summed E-state index contributed by atoms with van der Waals surface area (Å²) >= 11 is 4.23. The number of ether oxygens (including phenoxy) is 1. The summed E-state index contributed by atoms with van der Waals surface area (Å²) in [6, 6.07) is 8.74. The summed E-state index contributed by atoms with van der Waals surface area (Å²) in [7, 11) is 3.81. The molecule has 0 saturated carbocycles. The second-order valence-corrected chi connectivity index (χ2v) is 7.29. The van der Waals surface area contributed by atoms with Crippen molar-refractivity contribution in [1.82, 2.24) is 5.32 Å². The average molecular weight is 297 g/mol. The first-order valence-electron chi connectivity index (χ1n) is 6.85. The van der Waals surface area contributed by atoms with Crippen molar-refractivity contribution in [2.24, 2.45) is 0 Å². The maximum absolute atomic E-state index is 5.53. The van der Waals surface area contributed by atoms with Crippen molar-refractivity contribution in [3.63, 3.8) is 0 Å². The van der Waals surface area contributed by atoms with Gasteiger partial charge in [0.2, 0.25) is 0 Å². The highest BCUT2D eigenvalue weighted by atomic mass is 32.2. The summed E-state index contributed by atoms with van der Waals surface area (Å²) < 4.78 is 5.53. The summed E-state index contributed by atoms with van der Waals surface area (Å²) in [6.45, 7) is 2.30. The van der Waals surface area contributed by atoms with Gasteiger partial charge in [-0.25, -0.2) is 0 Å². The molecular formula is C15H23NOS2. The molecule has 106 valence electrons. The van der Waals surface area contributed by atoms with Crippen molar-refractivity contribution in [1.29, 1.82) is 0 Å². The van der Waals surface area contributed by atoms with Crippen LogP contribution in [0.15, 0.2) is 24.3 Å².